The van der Waals surface area contributed by atoms with Crippen LogP contribution in [0.1, 0.15) is 31.7 Å². The third-order valence-electron chi connectivity index (χ3n) is 4.55. The number of benzene rings is 1. The van der Waals surface area contributed by atoms with Crippen molar-refractivity contribution in [1.29, 1.82) is 0 Å². The molecule has 1 atom stereocenters. The highest BCUT2D eigenvalue weighted by Gasteiger charge is 2.46. The maximum atomic E-state index is 12.6. The van der Waals surface area contributed by atoms with Gasteiger partial charge in [0.15, 0.2) is 0 Å². The molecule has 112 valence electrons. The van der Waals surface area contributed by atoms with Gasteiger partial charge in [-0.3, -0.25) is 4.90 Å². The van der Waals surface area contributed by atoms with Crippen molar-refractivity contribution in [2.45, 2.75) is 38.1 Å². The number of nitrogens with one attached hydrogen (secondary N) is 1. The first-order valence-electron chi connectivity index (χ1n) is 7.43. The molecule has 3 rings (SSSR count). The molecular weight excluding hydrogens is 268 g/mol. The number of nitrogens with zero attached hydrogens (tertiary/aromatic N) is 1. The van der Waals surface area contributed by atoms with E-state index in [9.17, 15) is 14.7 Å². The maximum Gasteiger partial charge on any atom is 0.329 e. The van der Waals surface area contributed by atoms with Crippen LogP contribution in [-0.4, -0.2) is 29.2 Å². The van der Waals surface area contributed by atoms with E-state index in [1.165, 1.54) is 0 Å². The van der Waals surface area contributed by atoms with Gasteiger partial charge in [-0.25, -0.2) is 9.59 Å². The predicted octanol–water partition coefficient (Wildman–Crippen LogP) is 2.40. The van der Waals surface area contributed by atoms with E-state index in [-0.39, 0.29) is 6.03 Å². The number of rotatable bonds is 2. The molecule has 1 unspecified atom stereocenters. The summed E-state index contributed by atoms with van der Waals surface area (Å²) in [5, 5.41) is 12.1. The molecule has 1 aromatic rings. The molecule has 21 heavy (non-hydrogen) atoms. The Bertz CT molecular complexity index is 581. The van der Waals surface area contributed by atoms with Gasteiger partial charge in [-0.1, -0.05) is 25.1 Å². The van der Waals surface area contributed by atoms with Crippen molar-refractivity contribution in [1.82, 2.24) is 5.32 Å². The van der Waals surface area contributed by atoms with E-state index in [0.717, 1.165) is 24.1 Å². The molecule has 1 aliphatic carbocycles. The van der Waals surface area contributed by atoms with Gasteiger partial charge in [0.05, 0.1) is 0 Å². The highest BCUT2D eigenvalue weighted by Crippen LogP contribution is 2.34. The third kappa shape index (κ3) is 2.37. The van der Waals surface area contributed by atoms with Crippen molar-refractivity contribution in [3.63, 3.8) is 0 Å². The number of carboxylic acids is 1. The second-order valence-electron chi connectivity index (χ2n) is 6.22. The molecule has 1 fully saturated rings. The zero-order chi connectivity index (χ0) is 15.0. The normalized spacial score (nSPS) is 22.9. The Balaban J connectivity index is 1.83. The quantitative estimate of drug-likeness (QED) is 0.878. The van der Waals surface area contributed by atoms with Crippen LogP contribution in [0.3, 0.4) is 0 Å². The summed E-state index contributed by atoms with van der Waals surface area (Å²) in [6, 6.07) is 7.54. The molecule has 2 N–H and O–H groups in total. The van der Waals surface area contributed by atoms with Crippen LogP contribution in [0, 0.1) is 5.92 Å². The molecule has 0 saturated heterocycles. The number of carboxylic acid groups (broad SMARTS) is 1. The Morgan fingerprint density at radius 1 is 1.33 bits per heavy atom. The zero-order valence-electron chi connectivity index (χ0n) is 12.1. The van der Waals surface area contributed by atoms with E-state index in [1.807, 2.05) is 24.3 Å². The fourth-order valence-corrected chi connectivity index (χ4v) is 3.18. The molecule has 1 aliphatic heterocycles. The number of para-hydroxylation sites is 1. The number of carbonyl (C=O) groups excluding carboxylic acids is 1. The topological polar surface area (TPSA) is 69.6 Å². The standard InChI is InChI=1S/C16H20N2O3/c1-11-9-12-5-2-3-6-13(12)18(10-11)15(21)17-16(14(19)20)7-4-8-16/h2-3,5-6,11H,4,7-10H2,1H3,(H,17,21)(H,19,20). The van der Waals surface area contributed by atoms with Crippen LogP contribution in [0.5, 0.6) is 0 Å². The lowest BCUT2D eigenvalue weighted by Gasteiger charge is -2.41. The molecule has 0 bridgehead atoms. The van der Waals surface area contributed by atoms with E-state index in [4.69, 9.17) is 0 Å². The average Bonchev–Trinajstić information content (AvgIpc) is 2.41. The fraction of sp³-hybridized carbons (Fsp3) is 0.500. The van der Waals surface area contributed by atoms with E-state index < -0.39 is 11.5 Å². The van der Waals surface area contributed by atoms with E-state index >= 15 is 0 Å². The molecule has 0 aromatic heterocycles. The van der Waals surface area contributed by atoms with Gasteiger partial charge in [0, 0.05) is 12.2 Å². The summed E-state index contributed by atoms with van der Waals surface area (Å²) in [6.07, 6.45) is 2.82. The predicted molar refractivity (Wildman–Crippen MR) is 79.4 cm³/mol. The van der Waals surface area contributed by atoms with Crippen LogP contribution in [-0.2, 0) is 11.2 Å². The summed E-state index contributed by atoms with van der Waals surface area (Å²) in [7, 11) is 0. The molecule has 2 amide bonds. The van der Waals surface area contributed by atoms with Crippen molar-refractivity contribution in [2.75, 3.05) is 11.4 Å². The van der Waals surface area contributed by atoms with Gasteiger partial charge in [0.1, 0.15) is 5.54 Å². The summed E-state index contributed by atoms with van der Waals surface area (Å²) in [5.41, 5.74) is 0.976. The van der Waals surface area contributed by atoms with Gasteiger partial charge < -0.3 is 10.4 Å². The summed E-state index contributed by atoms with van der Waals surface area (Å²) in [4.78, 5) is 25.7. The number of fused-ring (bicyclic) bond motifs is 1. The second kappa shape index (κ2) is 5.06. The Morgan fingerprint density at radius 3 is 2.67 bits per heavy atom. The molecule has 0 spiro atoms. The highest BCUT2D eigenvalue weighted by molar-refractivity contribution is 5.97. The van der Waals surface area contributed by atoms with E-state index in [1.54, 1.807) is 4.90 Å². The summed E-state index contributed by atoms with van der Waals surface area (Å²) >= 11 is 0. The SMILES string of the molecule is CC1Cc2ccccc2N(C(=O)NC2(C(=O)O)CCC2)C1. The highest BCUT2D eigenvalue weighted by atomic mass is 16.4. The molecule has 0 radical (unpaired) electrons. The number of carbonyl (C=O) groups is 2. The maximum absolute atomic E-state index is 12.6. The summed E-state index contributed by atoms with van der Waals surface area (Å²) in [5.74, 6) is -0.562. The molecule has 2 aliphatic rings. The monoisotopic (exact) mass is 288 g/mol. The molecule has 1 saturated carbocycles. The van der Waals surface area contributed by atoms with Crippen molar-refractivity contribution >= 4 is 17.7 Å². The molecular formula is C16H20N2O3. The second-order valence-corrected chi connectivity index (χ2v) is 6.22. The Morgan fingerprint density at radius 2 is 2.05 bits per heavy atom. The van der Waals surface area contributed by atoms with Crippen LogP contribution in [0.2, 0.25) is 0 Å². The third-order valence-corrected chi connectivity index (χ3v) is 4.55. The lowest BCUT2D eigenvalue weighted by Crippen LogP contribution is -2.62. The largest absolute Gasteiger partial charge is 0.480 e. The lowest BCUT2D eigenvalue weighted by atomic mass is 9.77. The smallest absolute Gasteiger partial charge is 0.329 e. The summed E-state index contributed by atoms with van der Waals surface area (Å²) < 4.78 is 0. The van der Waals surface area contributed by atoms with Crippen molar-refractivity contribution in [3.05, 3.63) is 29.8 Å². The van der Waals surface area contributed by atoms with Crippen molar-refractivity contribution in [2.24, 2.45) is 5.92 Å². The lowest BCUT2D eigenvalue weighted by molar-refractivity contribution is -0.148. The summed E-state index contributed by atoms with van der Waals surface area (Å²) in [6.45, 7) is 2.73. The first kappa shape index (κ1) is 13.9. The average molecular weight is 288 g/mol. The number of hydrogen-bond acceptors (Lipinski definition) is 2. The minimum absolute atomic E-state index is 0.295. The van der Waals surface area contributed by atoms with Gasteiger partial charge in [-0.05, 0) is 43.2 Å². The molecule has 1 aromatic carbocycles. The van der Waals surface area contributed by atoms with Gasteiger partial charge in [0.2, 0.25) is 0 Å². The van der Waals surface area contributed by atoms with Crippen LogP contribution in [0.4, 0.5) is 10.5 Å². The molecule has 1 heterocycles. The number of urea groups is 1. The zero-order valence-corrected chi connectivity index (χ0v) is 12.1. The van der Waals surface area contributed by atoms with E-state index in [0.29, 0.717) is 25.3 Å². The molecule has 5 heteroatoms. The first-order valence-corrected chi connectivity index (χ1v) is 7.43. The van der Waals surface area contributed by atoms with Crippen molar-refractivity contribution < 1.29 is 14.7 Å². The van der Waals surface area contributed by atoms with Crippen LogP contribution >= 0.6 is 0 Å². The van der Waals surface area contributed by atoms with Gasteiger partial charge in [-0.15, -0.1) is 0 Å². The number of amides is 2. The van der Waals surface area contributed by atoms with Gasteiger partial charge in [-0.2, -0.15) is 0 Å². The van der Waals surface area contributed by atoms with E-state index in [2.05, 4.69) is 12.2 Å². The van der Waals surface area contributed by atoms with Crippen LogP contribution in [0.15, 0.2) is 24.3 Å². The Kier molecular flexibility index (Phi) is 3.35. The number of hydrogen-bond donors (Lipinski definition) is 2. The fourth-order valence-electron chi connectivity index (χ4n) is 3.18. The van der Waals surface area contributed by atoms with Crippen molar-refractivity contribution in [3.8, 4) is 0 Å². The number of anilines is 1. The first-order chi connectivity index (χ1) is 10.0. The Hall–Kier alpha value is -2.04. The van der Waals surface area contributed by atoms with Crippen LogP contribution in [0.25, 0.3) is 0 Å². The van der Waals surface area contributed by atoms with Gasteiger partial charge in [0.25, 0.3) is 0 Å². The Labute approximate surface area is 123 Å². The van der Waals surface area contributed by atoms with Gasteiger partial charge >= 0.3 is 12.0 Å². The molecule has 5 nitrogen and oxygen atoms in total. The number of aliphatic carboxylic acids is 1. The minimum atomic E-state index is -1.06. The van der Waals surface area contributed by atoms with Crippen LogP contribution < -0.4 is 10.2 Å². The minimum Gasteiger partial charge on any atom is -0.480 e.